The van der Waals surface area contributed by atoms with Crippen LogP contribution in [-0.2, 0) is 10.4 Å². The number of aliphatic hydroxyl groups is 2. The van der Waals surface area contributed by atoms with Crippen molar-refractivity contribution < 1.29 is 19.7 Å². The molecule has 0 amide bonds. The van der Waals surface area contributed by atoms with Gasteiger partial charge in [-0.3, -0.25) is 0 Å². The smallest absolute Gasteiger partial charge is 0.351 e. The van der Waals surface area contributed by atoms with E-state index < -0.39 is 17.2 Å². The molecule has 1 heterocycles. The van der Waals surface area contributed by atoms with Crippen molar-refractivity contribution in [3.63, 3.8) is 0 Å². The van der Waals surface area contributed by atoms with Gasteiger partial charge in [0.05, 0.1) is 0 Å². The molecule has 3 rings (SSSR count). The van der Waals surface area contributed by atoms with E-state index >= 15 is 0 Å². The van der Waals surface area contributed by atoms with Crippen LogP contribution < -0.4 is 4.74 Å². The third-order valence-corrected chi connectivity index (χ3v) is 4.13. The summed E-state index contributed by atoms with van der Waals surface area (Å²) >= 11 is 0. The quantitative estimate of drug-likeness (QED) is 0.583. The molecule has 0 radical (unpaired) electrons. The van der Waals surface area contributed by atoms with E-state index in [2.05, 4.69) is 0 Å². The number of hydrogen-bond donors (Lipinski definition) is 2. The standard InChI is InChI=1S/C14H16O4/c15-12-14(17,13(16)8-4-1-5-9-13)10-6-2-3-7-11(10)18-12/h2-3,6-7,16-17H,1,4-5,8-9H2. The molecule has 2 N–H and O–H groups in total. The van der Waals surface area contributed by atoms with Gasteiger partial charge in [0, 0.05) is 5.56 Å². The second-order valence-corrected chi connectivity index (χ2v) is 5.19. The lowest BCUT2D eigenvalue weighted by atomic mass is 9.70. The molecule has 1 atom stereocenters. The van der Waals surface area contributed by atoms with E-state index in [-0.39, 0.29) is 0 Å². The molecule has 1 aliphatic heterocycles. The monoisotopic (exact) mass is 248 g/mol. The number of carbonyl (C=O) groups is 1. The van der Waals surface area contributed by atoms with E-state index in [0.717, 1.165) is 19.3 Å². The van der Waals surface area contributed by atoms with Gasteiger partial charge in [-0.05, 0) is 18.9 Å². The van der Waals surface area contributed by atoms with Crippen LogP contribution in [0.25, 0.3) is 0 Å². The van der Waals surface area contributed by atoms with Crippen molar-refractivity contribution in [2.75, 3.05) is 0 Å². The molecule has 1 unspecified atom stereocenters. The van der Waals surface area contributed by atoms with Gasteiger partial charge >= 0.3 is 5.97 Å². The Morgan fingerprint density at radius 2 is 1.72 bits per heavy atom. The molecule has 0 saturated heterocycles. The number of rotatable bonds is 1. The Balaban J connectivity index is 2.11. The fraction of sp³-hybridized carbons (Fsp3) is 0.500. The SMILES string of the molecule is O=C1Oc2ccccc2C1(O)C1(O)CCCCC1. The number of ether oxygens (including phenoxy) is 1. The van der Waals surface area contributed by atoms with Gasteiger partial charge in [-0.25, -0.2) is 4.79 Å². The molecule has 18 heavy (non-hydrogen) atoms. The topological polar surface area (TPSA) is 66.8 Å². The minimum Gasteiger partial charge on any atom is -0.424 e. The maximum atomic E-state index is 12.0. The summed E-state index contributed by atoms with van der Waals surface area (Å²) in [5.74, 6) is -0.405. The molecule has 4 nitrogen and oxygen atoms in total. The molecule has 96 valence electrons. The maximum Gasteiger partial charge on any atom is 0.351 e. The van der Waals surface area contributed by atoms with Crippen LogP contribution in [0.2, 0.25) is 0 Å². The number of esters is 1. The Labute approximate surface area is 105 Å². The van der Waals surface area contributed by atoms with E-state index in [1.54, 1.807) is 24.3 Å². The van der Waals surface area contributed by atoms with E-state index in [4.69, 9.17) is 4.74 Å². The number of benzene rings is 1. The first kappa shape index (κ1) is 11.7. The highest BCUT2D eigenvalue weighted by molar-refractivity contribution is 5.90. The van der Waals surface area contributed by atoms with Crippen molar-refractivity contribution in [2.24, 2.45) is 0 Å². The molecule has 1 aromatic carbocycles. The summed E-state index contributed by atoms with van der Waals surface area (Å²) in [7, 11) is 0. The minimum atomic E-state index is -1.91. The Morgan fingerprint density at radius 3 is 2.44 bits per heavy atom. The Bertz CT molecular complexity index is 490. The molecular weight excluding hydrogens is 232 g/mol. The van der Waals surface area contributed by atoms with Crippen LogP contribution >= 0.6 is 0 Å². The fourth-order valence-corrected chi connectivity index (χ4v) is 3.08. The van der Waals surface area contributed by atoms with Crippen molar-refractivity contribution in [1.29, 1.82) is 0 Å². The van der Waals surface area contributed by atoms with Gasteiger partial charge in [-0.2, -0.15) is 0 Å². The number of hydrogen-bond acceptors (Lipinski definition) is 4. The highest BCUT2D eigenvalue weighted by Gasteiger charge is 2.61. The fourth-order valence-electron chi connectivity index (χ4n) is 3.08. The van der Waals surface area contributed by atoms with Crippen LogP contribution in [0, 0.1) is 0 Å². The van der Waals surface area contributed by atoms with Gasteiger partial charge in [-0.15, -0.1) is 0 Å². The summed E-state index contributed by atoms with van der Waals surface area (Å²) in [4.78, 5) is 12.0. The molecule has 1 aromatic rings. The second kappa shape index (κ2) is 3.80. The van der Waals surface area contributed by atoms with E-state index in [9.17, 15) is 15.0 Å². The summed E-state index contributed by atoms with van der Waals surface area (Å²) < 4.78 is 5.09. The number of carbonyl (C=O) groups excluding carboxylic acids is 1. The van der Waals surface area contributed by atoms with E-state index in [1.165, 1.54) is 0 Å². The predicted octanol–water partition coefficient (Wildman–Crippen LogP) is 1.49. The normalized spacial score (nSPS) is 29.8. The maximum absolute atomic E-state index is 12.0. The molecule has 0 bridgehead atoms. The van der Waals surface area contributed by atoms with Crippen LogP contribution in [0.4, 0.5) is 0 Å². The van der Waals surface area contributed by atoms with E-state index in [1.807, 2.05) is 0 Å². The number of fused-ring (bicyclic) bond motifs is 1. The molecule has 1 fully saturated rings. The molecule has 1 saturated carbocycles. The minimum absolute atomic E-state index is 0.351. The molecule has 0 spiro atoms. The number of para-hydroxylation sites is 1. The third kappa shape index (κ3) is 1.36. The van der Waals surface area contributed by atoms with Gasteiger partial charge in [0.2, 0.25) is 5.60 Å². The van der Waals surface area contributed by atoms with Crippen LogP contribution in [-0.4, -0.2) is 21.8 Å². The van der Waals surface area contributed by atoms with Crippen molar-refractivity contribution in [3.05, 3.63) is 29.8 Å². The van der Waals surface area contributed by atoms with Crippen molar-refractivity contribution in [1.82, 2.24) is 0 Å². The molecule has 0 aromatic heterocycles. The van der Waals surface area contributed by atoms with Gasteiger partial charge in [-0.1, -0.05) is 37.5 Å². The Morgan fingerprint density at radius 1 is 1.06 bits per heavy atom. The zero-order chi connectivity index (χ0) is 12.8. The van der Waals surface area contributed by atoms with Gasteiger partial charge < -0.3 is 14.9 Å². The summed E-state index contributed by atoms with van der Waals surface area (Å²) in [5.41, 5.74) is -2.93. The summed E-state index contributed by atoms with van der Waals surface area (Å²) in [6, 6.07) is 6.75. The predicted molar refractivity (Wildman–Crippen MR) is 64.0 cm³/mol. The van der Waals surface area contributed by atoms with Crippen LogP contribution in [0.5, 0.6) is 5.75 Å². The largest absolute Gasteiger partial charge is 0.424 e. The summed E-state index contributed by atoms with van der Waals surface area (Å²) in [6.45, 7) is 0. The van der Waals surface area contributed by atoms with Gasteiger partial charge in [0.1, 0.15) is 11.4 Å². The molecular formula is C14H16O4. The summed E-state index contributed by atoms with van der Waals surface area (Å²) in [5, 5.41) is 21.5. The Hall–Kier alpha value is -1.39. The molecule has 1 aliphatic carbocycles. The molecule has 4 heteroatoms. The lowest BCUT2D eigenvalue weighted by Gasteiger charge is -2.41. The highest BCUT2D eigenvalue weighted by Crippen LogP contribution is 2.49. The van der Waals surface area contributed by atoms with E-state index in [0.29, 0.717) is 24.2 Å². The van der Waals surface area contributed by atoms with Crippen molar-refractivity contribution >= 4 is 5.97 Å². The van der Waals surface area contributed by atoms with Crippen LogP contribution in [0.3, 0.4) is 0 Å². The lowest BCUT2D eigenvalue weighted by molar-refractivity contribution is -0.194. The summed E-state index contributed by atoms with van der Waals surface area (Å²) in [6.07, 6.45) is 3.50. The average Bonchev–Trinajstić information content (AvgIpc) is 2.65. The highest BCUT2D eigenvalue weighted by atomic mass is 16.6. The Kier molecular flexibility index (Phi) is 2.47. The van der Waals surface area contributed by atoms with Gasteiger partial charge in [0.25, 0.3) is 0 Å². The molecule has 2 aliphatic rings. The zero-order valence-electron chi connectivity index (χ0n) is 10.1. The first-order chi connectivity index (χ1) is 8.58. The third-order valence-electron chi connectivity index (χ3n) is 4.13. The first-order valence-corrected chi connectivity index (χ1v) is 6.34. The first-order valence-electron chi connectivity index (χ1n) is 6.34. The lowest BCUT2D eigenvalue weighted by Crippen LogP contribution is -2.56. The average molecular weight is 248 g/mol. The van der Waals surface area contributed by atoms with Crippen molar-refractivity contribution in [2.45, 2.75) is 43.3 Å². The van der Waals surface area contributed by atoms with Gasteiger partial charge in [0.15, 0.2) is 0 Å². The second-order valence-electron chi connectivity index (χ2n) is 5.19. The van der Waals surface area contributed by atoms with Crippen molar-refractivity contribution in [3.8, 4) is 5.75 Å². The van der Waals surface area contributed by atoms with Crippen LogP contribution in [0.1, 0.15) is 37.7 Å². The zero-order valence-corrected chi connectivity index (χ0v) is 10.1. The van der Waals surface area contributed by atoms with Crippen LogP contribution in [0.15, 0.2) is 24.3 Å².